The summed E-state index contributed by atoms with van der Waals surface area (Å²) in [5, 5.41) is 4.02. The molecule has 1 saturated heterocycles. The first kappa shape index (κ1) is 16.1. The lowest BCUT2D eigenvalue weighted by molar-refractivity contribution is -0.139. The van der Waals surface area contributed by atoms with E-state index in [0.29, 0.717) is 25.4 Å². The maximum absolute atomic E-state index is 12.8. The van der Waals surface area contributed by atoms with Crippen molar-refractivity contribution in [3.05, 3.63) is 40.5 Å². The Morgan fingerprint density at radius 1 is 1.16 bits per heavy atom. The lowest BCUT2D eigenvalue weighted by Gasteiger charge is -2.32. The summed E-state index contributed by atoms with van der Waals surface area (Å²) in [5.41, 5.74) is 3.58. The second-order valence-electron chi connectivity index (χ2n) is 7.13. The van der Waals surface area contributed by atoms with Crippen molar-refractivity contribution < 1.29 is 14.1 Å². The van der Waals surface area contributed by atoms with Gasteiger partial charge in [0.15, 0.2) is 11.9 Å². The molecule has 1 aromatic carbocycles. The van der Waals surface area contributed by atoms with E-state index in [1.54, 1.807) is 6.92 Å². The van der Waals surface area contributed by atoms with Gasteiger partial charge < -0.3 is 14.2 Å². The fourth-order valence-corrected chi connectivity index (χ4v) is 3.69. The van der Waals surface area contributed by atoms with Crippen LogP contribution in [0.25, 0.3) is 0 Å². The highest BCUT2D eigenvalue weighted by atomic mass is 16.5. The number of carbonyl (C=O) groups is 1. The molecule has 1 aromatic heterocycles. The Labute approximate surface area is 147 Å². The average molecular weight is 341 g/mol. The van der Waals surface area contributed by atoms with Crippen LogP contribution in [0.5, 0.6) is 5.75 Å². The predicted octanol–water partition coefficient (Wildman–Crippen LogP) is 2.70. The highest BCUT2D eigenvalue weighted by Gasteiger charge is 2.35. The molecule has 1 atom stereocenters. The van der Waals surface area contributed by atoms with Gasteiger partial charge in [-0.15, -0.1) is 0 Å². The highest BCUT2D eigenvalue weighted by molar-refractivity contribution is 5.82. The predicted molar refractivity (Wildman–Crippen MR) is 91.6 cm³/mol. The zero-order valence-corrected chi connectivity index (χ0v) is 14.9. The molecule has 2 aliphatic rings. The number of hydrogen-bond acceptors (Lipinski definition) is 5. The zero-order chi connectivity index (χ0) is 17.6. The monoisotopic (exact) mass is 341 g/mol. The zero-order valence-electron chi connectivity index (χ0n) is 14.9. The summed E-state index contributed by atoms with van der Waals surface area (Å²) in [6.07, 6.45) is 2.00. The van der Waals surface area contributed by atoms with Crippen LogP contribution in [0.4, 0.5) is 0 Å². The minimum atomic E-state index is -0.389. The van der Waals surface area contributed by atoms with Crippen LogP contribution in [0.2, 0.25) is 0 Å². The van der Waals surface area contributed by atoms with Gasteiger partial charge in [-0.1, -0.05) is 11.2 Å². The minimum absolute atomic E-state index is 0.0919. The van der Waals surface area contributed by atoms with E-state index in [0.717, 1.165) is 30.0 Å². The van der Waals surface area contributed by atoms with Crippen molar-refractivity contribution >= 4 is 5.91 Å². The van der Waals surface area contributed by atoms with Gasteiger partial charge in [-0.25, -0.2) is 0 Å². The SMILES string of the molecule is Cc1nc(C2CCN(C(=O)C3Cc4cc(C)c(C)cc4O3)CC2)no1. The summed E-state index contributed by atoms with van der Waals surface area (Å²) in [5.74, 6) is 2.58. The van der Waals surface area contributed by atoms with E-state index in [2.05, 4.69) is 30.1 Å². The summed E-state index contributed by atoms with van der Waals surface area (Å²) in [6, 6.07) is 4.19. The van der Waals surface area contributed by atoms with Gasteiger partial charge in [0, 0.05) is 32.4 Å². The van der Waals surface area contributed by atoms with Crippen LogP contribution in [0.3, 0.4) is 0 Å². The van der Waals surface area contributed by atoms with E-state index in [1.165, 1.54) is 11.1 Å². The molecule has 1 unspecified atom stereocenters. The quantitative estimate of drug-likeness (QED) is 0.840. The van der Waals surface area contributed by atoms with Crippen LogP contribution in [0.15, 0.2) is 16.7 Å². The molecule has 3 heterocycles. The van der Waals surface area contributed by atoms with Crippen LogP contribution in [-0.4, -0.2) is 40.1 Å². The molecule has 0 radical (unpaired) electrons. The molecule has 4 rings (SSSR count). The van der Waals surface area contributed by atoms with Crippen LogP contribution in [-0.2, 0) is 11.2 Å². The second-order valence-corrected chi connectivity index (χ2v) is 7.13. The molecule has 2 aromatic rings. The summed E-state index contributed by atoms with van der Waals surface area (Å²) < 4.78 is 11.0. The molecule has 0 aliphatic carbocycles. The number of likely N-dealkylation sites (tertiary alicyclic amines) is 1. The Bertz CT molecular complexity index is 775. The highest BCUT2D eigenvalue weighted by Crippen LogP contribution is 2.33. The summed E-state index contributed by atoms with van der Waals surface area (Å²) >= 11 is 0. The molecule has 0 bridgehead atoms. The first-order valence-electron chi connectivity index (χ1n) is 8.87. The lowest BCUT2D eigenvalue weighted by Crippen LogP contribution is -2.45. The molecular weight excluding hydrogens is 318 g/mol. The third-order valence-electron chi connectivity index (χ3n) is 5.34. The van der Waals surface area contributed by atoms with Gasteiger partial charge in [-0.3, -0.25) is 4.79 Å². The van der Waals surface area contributed by atoms with Crippen LogP contribution >= 0.6 is 0 Å². The number of rotatable bonds is 2. The van der Waals surface area contributed by atoms with Crippen LogP contribution in [0, 0.1) is 20.8 Å². The largest absolute Gasteiger partial charge is 0.480 e. The van der Waals surface area contributed by atoms with Crippen LogP contribution < -0.4 is 4.74 Å². The molecule has 1 amide bonds. The maximum Gasteiger partial charge on any atom is 0.263 e. The van der Waals surface area contributed by atoms with E-state index < -0.39 is 0 Å². The van der Waals surface area contributed by atoms with Crippen molar-refractivity contribution in [3.63, 3.8) is 0 Å². The number of amides is 1. The number of piperidine rings is 1. The van der Waals surface area contributed by atoms with Gasteiger partial charge >= 0.3 is 0 Å². The van der Waals surface area contributed by atoms with Crippen molar-refractivity contribution in [2.45, 2.75) is 52.1 Å². The number of hydrogen-bond donors (Lipinski definition) is 0. The molecule has 132 valence electrons. The number of aryl methyl sites for hydroxylation is 3. The van der Waals surface area contributed by atoms with Gasteiger partial charge in [-0.2, -0.15) is 4.98 Å². The number of ether oxygens (including phenoxy) is 1. The first-order valence-corrected chi connectivity index (χ1v) is 8.87. The van der Waals surface area contributed by atoms with Gasteiger partial charge in [-0.05, 0) is 49.4 Å². The molecule has 0 spiro atoms. The number of benzene rings is 1. The molecule has 25 heavy (non-hydrogen) atoms. The van der Waals surface area contributed by atoms with Gasteiger partial charge in [0.25, 0.3) is 5.91 Å². The van der Waals surface area contributed by atoms with Crippen molar-refractivity contribution in [1.82, 2.24) is 15.0 Å². The fraction of sp³-hybridized carbons (Fsp3) is 0.526. The van der Waals surface area contributed by atoms with E-state index in [-0.39, 0.29) is 17.9 Å². The van der Waals surface area contributed by atoms with Crippen molar-refractivity contribution in [1.29, 1.82) is 0 Å². The van der Waals surface area contributed by atoms with Crippen molar-refractivity contribution in [2.24, 2.45) is 0 Å². The molecule has 0 N–H and O–H groups in total. The summed E-state index contributed by atoms with van der Waals surface area (Å²) in [6.45, 7) is 7.39. The first-order chi connectivity index (χ1) is 12.0. The van der Waals surface area contributed by atoms with Gasteiger partial charge in [0.2, 0.25) is 5.89 Å². The van der Waals surface area contributed by atoms with E-state index in [9.17, 15) is 4.79 Å². The van der Waals surface area contributed by atoms with Crippen molar-refractivity contribution in [2.75, 3.05) is 13.1 Å². The molecule has 2 aliphatic heterocycles. The molecule has 6 heteroatoms. The van der Waals surface area contributed by atoms with E-state index in [4.69, 9.17) is 9.26 Å². The molecular formula is C19H23N3O3. The molecule has 1 fully saturated rings. The van der Waals surface area contributed by atoms with Crippen molar-refractivity contribution in [3.8, 4) is 5.75 Å². The smallest absolute Gasteiger partial charge is 0.263 e. The average Bonchev–Trinajstić information content (AvgIpc) is 3.21. The normalized spacial score (nSPS) is 20.4. The van der Waals surface area contributed by atoms with E-state index >= 15 is 0 Å². The summed E-state index contributed by atoms with van der Waals surface area (Å²) in [4.78, 5) is 19.1. The number of carbonyl (C=O) groups excluding carboxylic acids is 1. The topological polar surface area (TPSA) is 68.5 Å². The number of aromatic nitrogens is 2. The summed E-state index contributed by atoms with van der Waals surface area (Å²) in [7, 11) is 0. The Morgan fingerprint density at radius 2 is 1.88 bits per heavy atom. The second kappa shape index (κ2) is 6.17. The number of fused-ring (bicyclic) bond motifs is 1. The molecule has 6 nitrogen and oxygen atoms in total. The third-order valence-corrected chi connectivity index (χ3v) is 5.34. The molecule has 0 saturated carbocycles. The van der Waals surface area contributed by atoms with Gasteiger partial charge in [0.05, 0.1) is 0 Å². The fourth-order valence-electron chi connectivity index (χ4n) is 3.69. The lowest BCUT2D eigenvalue weighted by atomic mass is 9.95. The van der Waals surface area contributed by atoms with E-state index in [1.807, 2.05) is 11.0 Å². The van der Waals surface area contributed by atoms with Crippen LogP contribution in [0.1, 0.15) is 47.2 Å². The Balaban J connectivity index is 1.38. The Kier molecular flexibility index (Phi) is 3.98. The number of nitrogens with zero attached hydrogens (tertiary/aromatic N) is 3. The minimum Gasteiger partial charge on any atom is -0.480 e. The third kappa shape index (κ3) is 3.01. The maximum atomic E-state index is 12.8. The Morgan fingerprint density at radius 3 is 2.56 bits per heavy atom. The van der Waals surface area contributed by atoms with Gasteiger partial charge in [0.1, 0.15) is 5.75 Å². The standard InChI is InChI=1S/C19H23N3O3/c1-11-8-15-10-17(24-16(15)9-12(11)2)19(23)22-6-4-14(5-7-22)18-20-13(3)25-21-18/h8-9,14,17H,4-7,10H2,1-3H3. The Hall–Kier alpha value is -2.37.